The molecule has 2 aromatic rings. The fraction of sp³-hybridized carbons (Fsp3) is 0.409. The summed E-state index contributed by atoms with van der Waals surface area (Å²) in [6.45, 7) is 4.14. The largest absolute Gasteiger partial charge is 0.486 e. The van der Waals surface area contributed by atoms with Crippen molar-refractivity contribution >= 4 is 21.7 Å². The van der Waals surface area contributed by atoms with Gasteiger partial charge >= 0.3 is 12.1 Å². The van der Waals surface area contributed by atoms with E-state index in [0.717, 1.165) is 24.3 Å². The van der Waals surface area contributed by atoms with Gasteiger partial charge in [-0.15, -0.1) is 0 Å². The summed E-state index contributed by atoms with van der Waals surface area (Å²) in [6.07, 6.45) is -7.20. The Kier molecular flexibility index (Phi) is 7.42. The smallest absolute Gasteiger partial charge is 0.401 e. The van der Waals surface area contributed by atoms with E-state index < -0.39 is 52.3 Å². The number of halogens is 4. The molecule has 194 valence electrons. The lowest BCUT2D eigenvalue weighted by molar-refractivity contribution is -0.164. The van der Waals surface area contributed by atoms with Crippen LogP contribution in [0.2, 0.25) is 0 Å². The van der Waals surface area contributed by atoms with E-state index in [2.05, 4.69) is 10.0 Å². The zero-order valence-electron chi connectivity index (χ0n) is 19.4. The lowest BCUT2D eigenvalue weighted by Gasteiger charge is -2.38. The summed E-state index contributed by atoms with van der Waals surface area (Å²) in [5, 5.41) is 2.78. The second-order valence-corrected chi connectivity index (χ2v) is 10.8. The Morgan fingerprint density at radius 3 is 2.42 bits per heavy atom. The van der Waals surface area contributed by atoms with Crippen molar-refractivity contribution in [1.82, 2.24) is 0 Å². The molecule has 0 aliphatic carbocycles. The molecular formula is C22H22F4N4O5S. The van der Waals surface area contributed by atoms with Crippen molar-refractivity contribution in [2.24, 2.45) is 5.11 Å². The second-order valence-electron chi connectivity index (χ2n) is 8.90. The molecule has 0 fully saturated rings. The third kappa shape index (κ3) is 6.18. The molecule has 0 aromatic heterocycles. The molecule has 9 nitrogen and oxygen atoms in total. The number of fused-ring (bicyclic) bond motifs is 1. The van der Waals surface area contributed by atoms with Gasteiger partial charge < -0.3 is 9.47 Å². The molecular weight excluding hydrogens is 508 g/mol. The van der Waals surface area contributed by atoms with Crippen molar-refractivity contribution in [2.45, 2.75) is 56.0 Å². The normalized spacial score (nSPS) is 16.9. The number of benzene rings is 2. The first kappa shape index (κ1) is 27.1. The van der Waals surface area contributed by atoms with Gasteiger partial charge in [-0.2, -0.15) is 13.2 Å². The molecule has 0 spiro atoms. The fourth-order valence-corrected chi connectivity index (χ4v) is 4.99. The van der Waals surface area contributed by atoms with E-state index in [1.807, 2.05) is 0 Å². The number of alkyl halides is 3. The summed E-state index contributed by atoms with van der Waals surface area (Å²) in [6, 6.07) is 4.91. The Morgan fingerprint density at radius 2 is 1.86 bits per heavy atom. The van der Waals surface area contributed by atoms with E-state index in [1.54, 1.807) is 20.8 Å². The molecule has 0 saturated heterocycles. The maximum atomic E-state index is 13.6. The summed E-state index contributed by atoms with van der Waals surface area (Å²) < 4.78 is 92.4. The van der Waals surface area contributed by atoms with Gasteiger partial charge in [0.2, 0.25) is 0 Å². The maximum Gasteiger partial charge on any atom is 0.401 e. The van der Waals surface area contributed by atoms with Gasteiger partial charge in [-0.1, -0.05) is 11.2 Å². The molecule has 0 amide bonds. The minimum Gasteiger partial charge on any atom is -0.486 e. The Balaban J connectivity index is 2.09. The summed E-state index contributed by atoms with van der Waals surface area (Å²) >= 11 is 0. The van der Waals surface area contributed by atoms with Gasteiger partial charge in [-0.05, 0) is 68.3 Å². The number of sulfonamides is 1. The summed E-state index contributed by atoms with van der Waals surface area (Å²) in [5.41, 5.74) is 8.05. The van der Waals surface area contributed by atoms with Crippen molar-refractivity contribution < 1.29 is 40.2 Å². The van der Waals surface area contributed by atoms with Crippen LogP contribution < -0.4 is 9.04 Å². The number of esters is 1. The standard InChI is InChI=1S/C22H22F4N4O5S/c1-21(2,3)35-19(31)11-13-4-9-17-16(10-13)30(36(32,33)15-7-5-14(23)6-8-15)12-18(34-17)20(28-29-27)22(24,25)26/h4-10,18,20H,11-12H2,1-3H3. The van der Waals surface area contributed by atoms with E-state index in [9.17, 15) is 30.8 Å². The molecule has 1 aliphatic heterocycles. The number of carbonyl (C=O) groups is 1. The van der Waals surface area contributed by atoms with Crippen LogP contribution >= 0.6 is 0 Å². The van der Waals surface area contributed by atoms with Crippen molar-refractivity contribution in [3.8, 4) is 5.75 Å². The topological polar surface area (TPSA) is 122 Å². The van der Waals surface area contributed by atoms with Crippen LogP contribution in [0.4, 0.5) is 23.2 Å². The van der Waals surface area contributed by atoms with Crippen LogP contribution in [-0.2, 0) is 26.0 Å². The van der Waals surface area contributed by atoms with Crippen LogP contribution in [0.25, 0.3) is 10.4 Å². The van der Waals surface area contributed by atoms with E-state index in [-0.39, 0.29) is 22.8 Å². The number of azide groups is 1. The number of nitrogens with zero attached hydrogens (tertiary/aromatic N) is 4. The molecule has 0 bridgehead atoms. The Morgan fingerprint density at radius 1 is 1.22 bits per heavy atom. The average molecular weight is 531 g/mol. The van der Waals surface area contributed by atoms with E-state index in [4.69, 9.17) is 15.0 Å². The number of anilines is 1. The highest BCUT2D eigenvalue weighted by molar-refractivity contribution is 7.92. The number of hydrogen-bond donors (Lipinski definition) is 0. The van der Waals surface area contributed by atoms with Gasteiger partial charge in [-0.3, -0.25) is 9.10 Å². The lowest BCUT2D eigenvalue weighted by Crippen LogP contribution is -2.52. The quantitative estimate of drug-likeness (QED) is 0.173. The summed E-state index contributed by atoms with van der Waals surface area (Å²) in [4.78, 5) is 14.1. The third-order valence-electron chi connectivity index (χ3n) is 4.95. The van der Waals surface area contributed by atoms with Gasteiger partial charge in [0.05, 0.1) is 23.5 Å². The number of hydrogen-bond acceptors (Lipinski definition) is 6. The molecule has 0 saturated carbocycles. The Bertz CT molecular complexity index is 1290. The van der Waals surface area contributed by atoms with Gasteiger partial charge in [0, 0.05) is 4.91 Å². The van der Waals surface area contributed by atoms with Gasteiger partial charge in [0.1, 0.15) is 23.3 Å². The predicted octanol–water partition coefficient (Wildman–Crippen LogP) is 4.91. The zero-order valence-corrected chi connectivity index (χ0v) is 20.2. The molecule has 2 aromatic carbocycles. The van der Waals surface area contributed by atoms with E-state index in [1.165, 1.54) is 18.2 Å². The first-order valence-electron chi connectivity index (χ1n) is 10.5. The molecule has 0 radical (unpaired) electrons. The van der Waals surface area contributed by atoms with Crippen molar-refractivity contribution in [1.29, 1.82) is 0 Å². The van der Waals surface area contributed by atoms with Crippen molar-refractivity contribution in [2.75, 3.05) is 10.8 Å². The van der Waals surface area contributed by atoms with E-state index in [0.29, 0.717) is 9.87 Å². The van der Waals surface area contributed by atoms with Crippen LogP contribution in [0.5, 0.6) is 5.75 Å². The summed E-state index contributed by atoms with van der Waals surface area (Å²) in [5.74, 6) is -1.56. The van der Waals surface area contributed by atoms with Crippen LogP contribution in [0.3, 0.4) is 0 Å². The molecule has 1 aliphatic rings. The average Bonchev–Trinajstić information content (AvgIpc) is 2.75. The van der Waals surface area contributed by atoms with Gasteiger partial charge in [0.25, 0.3) is 10.0 Å². The van der Waals surface area contributed by atoms with Gasteiger partial charge in [0.15, 0.2) is 6.04 Å². The lowest BCUT2D eigenvalue weighted by atomic mass is 10.1. The maximum absolute atomic E-state index is 13.6. The molecule has 0 N–H and O–H groups in total. The first-order chi connectivity index (χ1) is 16.6. The van der Waals surface area contributed by atoms with Crippen molar-refractivity contribution in [3.05, 3.63) is 64.3 Å². The SMILES string of the molecule is CC(C)(C)OC(=O)Cc1ccc2c(c1)N(S(=O)(=O)c1ccc(F)cc1)CC(C(N=[N+]=[N-])C(F)(F)F)O2. The van der Waals surface area contributed by atoms with Crippen molar-refractivity contribution in [3.63, 3.8) is 0 Å². The minimum atomic E-state index is -5.03. The minimum absolute atomic E-state index is 0.140. The molecule has 36 heavy (non-hydrogen) atoms. The van der Waals surface area contributed by atoms with Gasteiger partial charge in [-0.25, -0.2) is 12.8 Å². The highest BCUT2D eigenvalue weighted by Gasteiger charge is 2.49. The second kappa shape index (κ2) is 9.86. The molecule has 1 heterocycles. The van der Waals surface area contributed by atoms with E-state index >= 15 is 0 Å². The monoisotopic (exact) mass is 530 g/mol. The number of carbonyl (C=O) groups excluding carboxylic acids is 1. The summed E-state index contributed by atoms with van der Waals surface area (Å²) in [7, 11) is -4.52. The molecule has 2 unspecified atom stereocenters. The van der Waals surface area contributed by atoms with Crippen LogP contribution in [0, 0.1) is 5.82 Å². The molecule has 14 heteroatoms. The Labute approximate surface area is 204 Å². The highest BCUT2D eigenvalue weighted by atomic mass is 32.2. The fourth-order valence-electron chi connectivity index (χ4n) is 3.51. The molecule has 2 atom stereocenters. The highest BCUT2D eigenvalue weighted by Crippen LogP contribution is 2.41. The number of rotatable bonds is 6. The van der Waals surface area contributed by atoms with Crippen LogP contribution in [0.15, 0.2) is 52.5 Å². The third-order valence-corrected chi connectivity index (χ3v) is 6.74. The number of ether oxygens (including phenoxy) is 2. The Hall–Kier alpha value is -3.51. The predicted molar refractivity (Wildman–Crippen MR) is 120 cm³/mol. The zero-order chi connectivity index (χ0) is 26.9. The van der Waals surface area contributed by atoms with Crippen LogP contribution in [-0.4, -0.2) is 44.9 Å². The van der Waals surface area contributed by atoms with Crippen LogP contribution in [0.1, 0.15) is 26.3 Å². The molecule has 3 rings (SSSR count). The first-order valence-corrected chi connectivity index (χ1v) is 12.0.